The van der Waals surface area contributed by atoms with Gasteiger partial charge in [-0.2, -0.15) is 11.8 Å². The van der Waals surface area contributed by atoms with Crippen molar-refractivity contribution in [1.82, 2.24) is 0 Å². The zero-order chi connectivity index (χ0) is 2.71. The van der Waals surface area contributed by atoms with E-state index in [4.69, 9.17) is 0 Å². The van der Waals surface area contributed by atoms with Gasteiger partial charge in [-0.1, -0.05) is 0 Å². The standard InChI is InChI=1S/C2H6S.Ge/c1-3-2;/h1-2H3;/q;+4. The second-order valence-electron chi connectivity index (χ2n) is 0.408. The third-order valence-corrected chi connectivity index (χ3v) is 0. The molecule has 0 fully saturated rings. The Labute approximate surface area is 42.3 Å². The first kappa shape index (κ1) is 8.86. The molecule has 0 atom stereocenters. The number of hydrogen-bond acceptors (Lipinski definition) is 1. The number of thioether (sulfide) groups is 1. The van der Waals surface area contributed by atoms with E-state index in [2.05, 4.69) is 0 Å². The summed E-state index contributed by atoms with van der Waals surface area (Å²) in [7, 11) is 0. The average molecular weight is 135 g/mol. The second-order valence-corrected chi connectivity index (χ2v) is 1.22. The van der Waals surface area contributed by atoms with Crippen molar-refractivity contribution in [2.45, 2.75) is 0 Å². The molecule has 0 saturated heterocycles. The molecule has 0 amide bonds. The van der Waals surface area contributed by atoms with Crippen LogP contribution in [-0.4, -0.2) is 30.1 Å². The van der Waals surface area contributed by atoms with Crippen LogP contribution in [0.1, 0.15) is 0 Å². The van der Waals surface area contributed by atoms with E-state index in [0.29, 0.717) is 0 Å². The van der Waals surface area contributed by atoms with Gasteiger partial charge in [-0.05, 0) is 12.5 Å². The number of hydrogen-bond donors (Lipinski definition) is 0. The van der Waals surface area contributed by atoms with Gasteiger partial charge in [0.2, 0.25) is 0 Å². The third-order valence-electron chi connectivity index (χ3n) is 0. The van der Waals surface area contributed by atoms with Crippen molar-refractivity contribution < 1.29 is 0 Å². The van der Waals surface area contributed by atoms with E-state index < -0.39 is 0 Å². The van der Waals surface area contributed by atoms with Crippen LogP contribution in [-0.2, 0) is 0 Å². The Morgan fingerprint density at radius 3 is 1.25 bits per heavy atom. The second kappa shape index (κ2) is 9.09. The van der Waals surface area contributed by atoms with Crippen LogP contribution < -0.4 is 0 Å². The minimum absolute atomic E-state index is 0. The van der Waals surface area contributed by atoms with Gasteiger partial charge in [0.1, 0.15) is 0 Å². The van der Waals surface area contributed by atoms with Crippen LogP contribution in [0.3, 0.4) is 0 Å². The molecular formula is C2H6GeS+4. The summed E-state index contributed by atoms with van der Waals surface area (Å²) in [4.78, 5) is 0. The summed E-state index contributed by atoms with van der Waals surface area (Å²) in [6.45, 7) is 0. The van der Waals surface area contributed by atoms with Gasteiger partial charge in [0.05, 0.1) is 0 Å². The van der Waals surface area contributed by atoms with Crippen molar-refractivity contribution in [2.24, 2.45) is 0 Å². The van der Waals surface area contributed by atoms with Crippen LogP contribution in [0.4, 0.5) is 0 Å². The third kappa shape index (κ3) is 13.0. The quantitative estimate of drug-likeness (QED) is 0.438. The fraction of sp³-hybridized carbons (Fsp3) is 1.00. The molecule has 0 rings (SSSR count). The Morgan fingerprint density at radius 1 is 1.25 bits per heavy atom. The first-order valence-corrected chi connectivity index (χ1v) is 2.45. The van der Waals surface area contributed by atoms with Crippen molar-refractivity contribution in [3.63, 3.8) is 0 Å². The van der Waals surface area contributed by atoms with Gasteiger partial charge >= 0.3 is 17.6 Å². The van der Waals surface area contributed by atoms with Crippen LogP contribution in [0.5, 0.6) is 0 Å². The molecule has 0 bridgehead atoms. The van der Waals surface area contributed by atoms with Crippen LogP contribution in [0, 0.1) is 0 Å². The molecule has 4 heavy (non-hydrogen) atoms. The van der Waals surface area contributed by atoms with Gasteiger partial charge in [0.25, 0.3) is 0 Å². The fourth-order valence-corrected chi connectivity index (χ4v) is 0. The van der Waals surface area contributed by atoms with Crippen molar-refractivity contribution in [3.8, 4) is 0 Å². The Hall–Kier alpha value is 0.893. The van der Waals surface area contributed by atoms with E-state index in [0.717, 1.165) is 0 Å². The molecular weight excluding hydrogens is 129 g/mol. The van der Waals surface area contributed by atoms with Gasteiger partial charge in [-0.15, -0.1) is 0 Å². The van der Waals surface area contributed by atoms with E-state index >= 15 is 0 Å². The summed E-state index contributed by atoms with van der Waals surface area (Å²) >= 11 is 1.75. The molecule has 0 heterocycles. The Kier molecular flexibility index (Phi) is 20.1. The summed E-state index contributed by atoms with van der Waals surface area (Å²) in [5.74, 6) is 0. The summed E-state index contributed by atoms with van der Waals surface area (Å²) < 4.78 is 0. The average Bonchev–Trinajstić information content (AvgIpc) is 0.918. The smallest absolute Gasteiger partial charge is 0.169 e. The van der Waals surface area contributed by atoms with Gasteiger partial charge in [-0.25, -0.2) is 0 Å². The first-order chi connectivity index (χ1) is 1.41. The molecule has 0 aliphatic heterocycles. The fourth-order valence-electron chi connectivity index (χ4n) is 0. The molecule has 0 aromatic rings. The molecule has 0 radical (unpaired) electrons. The van der Waals surface area contributed by atoms with E-state index in [1.54, 1.807) is 11.8 Å². The van der Waals surface area contributed by atoms with Crippen LogP contribution >= 0.6 is 11.8 Å². The maximum Gasteiger partial charge on any atom is 4.00 e. The predicted molar refractivity (Wildman–Crippen MR) is 25.2 cm³/mol. The van der Waals surface area contributed by atoms with Crippen molar-refractivity contribution in [2.75, 3.05) is 12.5 Å². The monoisotopic (exact) mass is 136 g/mol. The molecule has 0 aromatic carbocycles. The van der Waals surface area contributed by atoms with Crippen molar-refractivity contribution in [3.05, 3.63) is 0 Å². The predicted octanol–water partition coefficient (Wildman–Crippen LogP) is 0.598. The van der Waals surface area contributed by atoms with Gasteiger partial charge in [-0.3, -0.25) is 0 Å². The van der Waals surface area contributed by atoms with Crippen molar-refractivity contribution in [1.29, 1.82) is 0 Å². The minimum atomic E-state index is 0. The van der Waals surface area contributed by atoms with Crippen LogP contribution in [0.15, 0.2) is 0 Å². The van der Waals surface area contributed by atoms with Crippen LogP contribution in [0.2, 0.25) is 0 Å². The molecule has 0 N–H and O–H groups in total. The Morgan fingerprint density at radius 2 is 1.25 bits per heavy atom. The van der Waals surface area contributed by atoms with E-state index in [-0.39, 0.29) is 17.6 Å². The zero-order valence-electron chi connectivity index (χ0n) is 2.91. The molecule has 20 valence electrons. The number of rotatable bonds is 0. The molecule has 2 heteroatoms. The molecule has 0 saturated carbocycles. The van der Waals surface area contributed by atoms with E-state index in [9.17, 15) is 0 Å². The van der Waals surface area contributed by atoms with Gasteiger partial charge in [0.15, 0.2) is 0 Å². The molecule has 0 aliphatic rings. The Balaban J connectivity index is 0. The molecule has 0 aromatic heterocycles. The zero-order valence-corrected chi connectivity index (χ0v) is 5.82. The van der Waals surface area contributed by atoms with E-state index in [1.807, 2.05) is 12.5 Å². The minimum Gasteiger partial charge on any atom is -0.169 e. The largest absolute Gasteiger partial charge is 4.00 e. The Bertz CT molecular complexity index is 6.00. The SMILES string of the molecule is CSC.[Ge+4]. The maximum atomic E-state index is 2.04. The van der Waals surface area contributed by atoms with E-state index in [1.165, 1.54) is 0 Å². The summed E-state index contributed by atoms with van der Waals surface area (Å²) in [6, 6.07) is 0. The summed E-state index contributed by atoms with van der Waals surface area (Å²) in [5, 5.41) is 0. The molecule has 0 unspecified atom stereocenters. The normalized spacial score (nSPS) is 4.50. The summed E-state index contributed by atoms with van der Waals surface area (Å²) in [5.41, 5.74) is 0. The van der Waals surface area contributed by atoms with Crippen LogP contribution in [0.25, 0.3) is 0 Å². The molecule has 0 aliphatic carbocycles. The maximum absolute atomic E-state index is 2.04. The molecule has 0 spiro atoms. The first-order valence-electron chi connectivity index (χ1n) is 0.816. The van der Waals surface area contributed by atoms with Gasteiger partial charge in [0, 0.05) is 0 Å². The topological polar surface area (TPSA) is 0 Å². The van der Waals surface area contributed by atoms with Gasteiger partial charge < -0.3 is 0 Å². The van der Waals surface area contributed by atoms with Crippen molar-refractivity contribution >= 4 is 29.4 Å². The summed E-state index contributed by atoms with van der Waals surface area (Å²) in [6.07, 6.45) is 4.08. The molecule has 0 nitrogen and oxygen atoms in total.